The van der Waals surface area contributed by atoms with Crippen LogP contribution in [-0.2, 0) is 16.1 Å². The van der Waals surface area contributed by atoms with Crippen LogP contribution in [0.2, 0.25) is 0 Å². The molecule has 0 spiro atoms. The molecule has 2 unspecified atom stereocenters. The number of rotatable bonds is 7. The maximum absolute atomic E-state index is 12.1. The van der Waals surface area contributed by atoms with Crippen molar-refractivity contribution in [3.05, 3.63) is 30.6 Å². The minimum Gasteiger partial charge on any atom is -0.368 e. The molecule has 0 aliphatic rings. The molecule has 2 rings (SSSR count). The number of imidazole rings is 1. The predicted molar refractivity (Wildman–Crippen MR) is 84.9 cm³/mol. The maximum Gasteiger partial charge on any atom is 0.240 e. The molecule has 0 saturated heterocycles. The Bertz CT molecular complexity index is 665. The van der Waals surface area contributed by atoms with Gasteiger partial charge < -0.3 is 15.6 Å². The van der Waals surface area contributed by atoms with E-state index in [1.54, 1.807) is 6.33 Å². The molecule has 0 aliphatic heterocycles. The van der Waals surface area contributed by atoms with Gasteiger partial charge in [-0.2, -0.15) is 0 Å². The van der Waals surface area contributed by atoms with Gasteiger partial charge in [-0.25, -0.2) is 4.98 Å². The number of nitrogens with two attached hydrogens (primary N) is 1. The summed E-state index contributed by atoms with van der Waals surface area (Å²) in [6, 6.07) is 7.14. The summed E-state index contributed by atoms with van der Waals surface area (Å²) in [6.45, 7) is 4.38. The van der Waals surface area contributed by atoms with Crippen molar-refractivity contribution in [3.8, 4) is 0 Å². The Hall–Kier alpha value is -2.37. The van der Waals surface area contributed by atoms with E-state index in [0.29, 0.717) is 6.54 Å². The maximum atomic E-state index is 12.1. The zero-order valence-corrected chi connectivity index (χ0v) is 13.0. The van der Waals surface area contributed by atoms with Gasteiger partial charge >= 0.3 is 0 Å². The van der Waals surface area contributed by atoms with Gasteiger partial charge in [-0.15, -0.1) is 0 Å². The van der Waals surface area contributed by atoms with Crippen LogP contribution < -0.4 is 11.1 Å². The van der Waals surface area contributed by atoms with E-state index in [1.165, 1.54) is 0 Å². The van der Waals surface area contributed by atoms with E-state index in [2.05, 4.69) is 10.3 Å². The van der Waals surface area contributed by atoms with Crippen molar-refractivity contribution in [2.24, 2.45) is 11.7 Å². The van der Waals surface area contributed by atoms with E-state index in [9.17, 15) is 9.59 Å². The Balaban J connectivity index is 1.96. The Labute approximate surface area is 129 Å². The van der Waals surface area contributed by atoms with Crippen LogP contribution in [0.5, 0.6) is 0 Å². The SMILES string of the molecule is CCC(C)C(NC(=O)CCn1cnc2ccccc21)C(N)=O. The quantitative estimate of drug-likeness (QED) is 0.811. The summed E-state index contributed by atoms with van der Waals surface area (Å²) in [5.74, 6) is -0.645. The molecule has 6 heteroatoms. The minimum atomic E-state index is -0.614. The van der Waals surface area contributed by atoms with Gasteiger partial charge in [0.2, 0.25) is 11.8 Å². The highest BCUT2D eigenvalue weighted by atomic mass is 16.2. The summed E-state index contributed by atoms with van der Waals surface area (Å²) in [5.41, 5.74) is 7.25. The standard InChI is InChI=1S/C16H22N4O2/c1-3-11(2)15(16(17)22)19-14(21)8-9-20-10-18-12-6-4-5-7-13(12)20/h4-7,10-11,15H,3,8-9H2,1-2H3,(H2,17,22)(H,19,21). The molecule has 0 radical (unpaired) electrons. The lowest BCUT2D eigenvalue weighted by Crippen LogP contribution is -2.48. The van der Waals surface area contributed by atoms with Crippen molar-refractivity contribution in [1.29, 1.82) is 0 Å². The molecule has 118 valence electrons. The molecule has 0 saturated carbocycles. The van der Waals surface area contributed by atoms with Crippen molar-refractivity contribution in [3.63, 3.8) is 0 Å². The van der Waals surface area contributed by atoms with Crippen molar-refractivity contribution < 1.29 is 9.59 Å². The topological polar surface area (TPSA) is 90.0 Å². The van der Waals surface area contributed by atoms with E-state index in [0.717, 1.165) is 17.5 Å². The summed E-state index contributed by atoms with van der Waals surface area (Å²) < 4.78 is 1.93. The van der Waals surface area contributed by atoms with Crippen molar-refractivity contribution >= 4 is 22.8 Å². The average molecular weight is 302 g/mol. The van der Waals surface area contributed by atoms with Crippen molar-refractivity contribution in [2.75, 3.05) is 0 Å². The van der Waals surface area contributed by atoms with Crippen LogP contribution in [0.3, 0.4) is 0 Å². The molecular formula is C16H22N4O2. The highest BCUT2D eigenvalue weighted by Gasteiger charge is 2.23. The zero-order chi connectivity index (χ0) is 16.1. The molecule has 6 nitrogen and oxygen atoms in total. The highest BCUT2D eigenvalue weighted by Crippen LogP contribution is 2.12. The third-order valence-electron chi connectivity index (χ3n) is 3.94. The lowest BCUT2D eigenvalue weighted by atomic mass is 9.98. The summed E-state index contributed by atoms with van der Waals surface area (Å²) in [6.07, 6.45) is 2.78. The first-order chi connectivity index (χ1) is 10.5. The van der Waals surface area contributed by atoms with Crippen LogP contribution in [0.25, 0.3) is 11.0 Å². The number of primary amides is 1. The van der Waals surface area contributed by atoms with Crippen LogP contribution in [0.15, 0.2) is 30.6 Å². The fraction of sp³-hybridized carbons (Fsp3) is 0.438. The highest BCUT2D eigenvalue weighted by molar-refractivity contribution is 5.86. The van der Waals surface area contributed by atoms with Gasteiger partial charge in [0.15, 0.2) is 0 Å². The second-order valence-corrected chi connectivity index (χ2v) is 5.51. The van der Waals surface area contributed by atoms with Crippen LogP contribution in [0, 0.1) is 5.92 Å². The monoisotopic (exact) mass is 302 g/mol. The summed E-state index contributed by atoms with van der Waals surface area (Å²) in [5, 5.41) is 2.73. The number of aromatic nitrogens is 2. The summed E-state index contributed by atoms with van der Waals surface area (Å²) in [4.78, 5) is 27.8. The number of hydrogen-bond donors (Lipinski definition) is 2. The van der Waals surface area contributed by atoms with Crippen LogP contribution in [0.4, 0.5) is 0 Å². The number of nitrogens with zero attached hydrogens (tertiary/aromatic N) is 2. The first-order valence-corrected chi connectivity index (χ1v) is 7.51. The molecule has 1 aromatic carbocycles. The van der Waals surface area contributed by atoms with E-state index < -0.39 is 11.9 Å². The van der Waals surface area contributed by atoms with Crippen molar-refractivity contribution in [2.45, 2.75) is 39.3 Å². The van der Waals surface area contributed by atoms with Gasteiger partial charge in [-0.3, -0.25) is 9.59 Å². The normalized spacial score (nSPS) is 13.7. The number of carbonyl (C=O) groups is 2. The second kappa shape index (κ2) is 7.06. The third-order valence-corrected chi connectivity index (χ3v) is 3.94. The number of nitrogens with one attached hydrogen (secondary N) is 1. The van der Waals surface area contributed by atoms with Crippen LogP contribution >= 0.6 is 0 Å². The molecule has 1 heterocycles. The van der Waals surface area contributed by atoms with Gasteiger partial charge in [0.1, 0.15) is 6.04 Å². The molecule has 0 bridgehead atoms. The first-order valence-electron chi connectivity index (χ1n) is 7.51. The van der Waals surface area contributed by atoms with E-state index in [-0.39, 0.29) is 18.2 Å². The molecule has 2 aromatic rings. The number of carbonyl (C=O) groups excluding carboxylic acids is 2. The van der Waals surface area contributed by atoms with Gasteiger partial charge in [-0.1, -0.05) is 32.4 Å². The predicted octanol–water partition coefficient (Wildman–Crippen LogP) is 1.44. The second-order valence-electron chi connectivity index (χ2n) is 5.51. The van der Waals surface area contributed by atoms with Gasteiger partial charge in [0.25, 0.3) is 0 Å². The Morgan fingerprint density at radius 2 is 2.09 bits per heavy atom. The van der Waals surface area contributed by atoms with Crippen LogP contribution in [-0.4, -0.2) is 27.4 Å². The fourth-order valence-electron chi connectivity index (χ4n) is 2.39. The molecule has 1 aromatic heterocycles. The van der Waals surface area contributed by atoms with E-state index >= 15 is 0 Å². The van der Waals surface area contributed by atoms with Gasteiger partial charge in [0, 0.05) is 13.0 Å². The van der Waals surface area contributed by atoms with Crippen LogP contribution in [0.1, 0.15) is 26.7 Å². The molecular weight excluding hydrogens is 280 g/mol. The Morgan fingerprint density at radius 1 is 1.36 bits per heavy atom. The average Bonchev–Trinajstić information content (AvgIpc) is 2.93. The Kier molecular flexibility index (Phi) is 5.14. The number of para-hydroxylation sites is 2. The van der Waals surface area contributed by atoms with E-state index in [1.807, 2.05) is 42.7 Å². The van der Waals surface area contributed by atoms with Crippen molar-refractivity contribution in [1.82, 2.24) is 14.9 Å². The number of amides is 2. The number of fused-ring (bicyclic) bond motifs is 1. The molecule has 22 heavy (non-hydrogen) atoms. The van der Waals surface area contributed by atoms with E-state index in [4.69, 9.17) is 5.73 Å². The van der Waals surface area contributed by atoms with Gasteiger partial charge in [-0.05, 0) is 18.1 Å². The molecule has 0 fully saturated rings. The third kappa shape index (κ3) is 3.63. The lowest BCUT2D eigenvalue weighted by Gasteiger charge is -2.21. The van der Waals surface area contributed by atoms with Gasteiger partial charge in [0.05, 0.1) is 17.4 Å². The number of aryl methyl sites for hydroxylation is 1. The summed E-state index contributed by atoms with van der Waals surface area (Å²) in [7, 11) is 0. The molecule has 2 amide bonds. The Morgan fingerprint density at radius 3 is 2.77 bits per heavy atom. The molecule has 3 N–H and O–H groups in total. The zero-order valence-electron chi connectivity index (χ0n) is 13.0. The first kappa shape index (κ1) is 16.0. The largest absolute Gasteiger partial charge is 0.368 e. The summed E-state index contributed by atoms with van der Waals surface area (Å²) >= 11 is 0. The number of hydrogen-bond acceptors (Lipinski definition) is 3. The molecule has 2 atom stereocenters. The minimum absolute atomic E-state index is 0.0236. The lowest BCUT2D eigenvalue weighted by molar-refractivity contribution is -0.128. The fourth-order valence-corrected chi connectivity index (χ4v) is 2.39. The molecule has 0 aliphatic carbocycles. The smallest absolute Gasteiger partial charge is 0.240 e. The number of benzene rings is 1.